The van der Waals surface area contributed by atoms with Gasteiger partial charge in [-0.2, -0.15) is 8.78 Å². The molecule has 0 aliphatic carbocycles. The molecule has 0 saturated carbocycles. The van der Waals surface area contributed by atoms with Gasteiger partial charge in [0.2, 0.25) is 0 Å². The molecule has 0 heterocycles. The first-order chi connectivity index (χ1) is 8.77. The number of benzene rings is 1. The maximum absolute atomic E-state index is 12.7. The van der Waals surface area contributed by atoms with E-state index in [0.29, 0.717) is 20.3 Å². The summed E-state index contributed by atoms with van der Waals surface area (Å²) in [6, 6.07) is 3.33. The van der Waals surface area contributed by atoms with Crippen molar-refractivity contribution in [2.24, 2.45) is 0 Å². The highest BCUT2D eigenvalue weighted by atomic mass is 79.9. The van der Waals surface area contributed by atoms with Crippen LogP contribution >= 0.6 is 31.9 Å². The molecule has 0 aromatic heterocycles. The first-order valence-electron chi connectivity index (χ1n) is 5.16. The summed E-state index contributed by atoms with van der Waals surface area (Å²) >= 11 is 6.52. The molecule has 0 saturated heterocycles. The second-order valence-electron chi connectivity index (χ2n) is 3.76. The van der Waals surface area contributed by atoms with Gasteiger partial charge in [-0.05, 0) is 49.6 Å². The molecule has 1 aromatic rings. The van der Waals surface area contributed by atoms with Crippen molar-refractivity contribution in [2.45, 2.75) is 18.9 Å². The maximum atomic E-state index is 12.7. The third-order valence-electron chi connectivity index (χ3n) is 2.27. The standard InChI is InChI=1S/C11H11Br2F4NO/c1-19-9-7(12)2-6(3-8(9)13)4-18-5-11(16,17)10(14)15/h2-3,10,18H,4-5H2,1H3. The molecule has 8 heteroatoms. The summed E-state index contributed by atoms with van der Waals surface area (Å²) in [5.74, 6) is -3.46. The summed E-state index contributed by atoms with van der Waals surface area (Å²) in [6.45, 7) is -1.03. The minimum absolute atomic E-state index is 0.0451. The fourth-order valence-corrected chi connectivity index (χ4v) is 2.97. The lowest BCUT2D eigenvalue weighted by atomic mass is 10.2. The van der Waals surface area contributed by atoms with E-state index in [4.69, 9.17) is 4.74 Å². The molecule has 0 aliphatic rings. The first kappa shape index (κ1) is 16.7. The molecule has 0 fully saturated rings. The van der Waals surface area contributed by atoms with Crippen LogP contribution in [0.15, 0.2) is 21.1 Å². The Morgan fingerprint density at radius 2 is 1.79 bits per heavy atom. The molecule has 1 N–H and O–H groups in total. The monoisotopic (exact) mass is 407 g/mol. The average Bonchev–Trinajstić information content (AvgIpc) is 2.28. The number of rotatable bonds is 6. The fourth-order valence-electron chi connectivity index (χ4n) is 1.36. The summed E-state index contributed by atoms with van der Waals surface area (Å²) in [5, 5.41) is 2.30. The Morgan fingerprint density at radius 3 is 2.21 bits per heavy atom. The number of halogens is 6. The molecular formula is C11H11Br2F4NO. The molecule has 0 amide bonds. The normalized spacial score (nSPS) is 12.0. The zero-order valence-electron chi connectivity index (χ0n) is 9.82. The Hall–Kier alpha value is -0.340. The quantitative estimate of drug-likeness (QED) is 0.712. The van der Waals surface area contributed by atoms with Gasteiger partial charge in [-0.15, -0.1) is 0 Å². The van der Waals surface area contributed by atoms with Gasteiger partial charge in [-0.3, -0.25) is 0 Å². The molecule has 0 spiro atoms. The van der Waals surface area contributed by atoms with Crippen molar-refractivity contribution in [3.63, 3.8) is 0 Å². The van der Waals surface area contributed by atoms with Crippen LogP contribution in [0.5, 0.6) is 5.75 Å². The Labute approximate surface area is 124 Å². The van der Waals surface area contributed by atoms with Crippen LogP contribution in [0, 0.1) is 0 Å². The number of hydrogen-bond acceptors (Lipinski definition) is 2. The lowest BCUT2D eigenvalue weighted by molar-refractivity contribution is -0.125. The second-order valence-corrected chi connectivity index (χ2v) is 5.47. The van der Waals surface area contributed by atoms with Gasteiger partial charge in [-0.1, -0.05) is 0 Å². The Morgan fingerprint density at radius 1 is 1.26 bits per heavy atom. The van der Waals surface area contributed by atoms with Crippen molar-refractivity contribution in [1.82, 2.24) is 5.32 Å². The predicted octanol–water partition coefficient (Wildman–Crippen LogP) is 4.21. The zero-order chi connectivity index (χ0) is 14.6. The SMILES string of the molecule is COc1c(Br)cc(CNCC(F)(F)C(F)F)cc1Br. The molecular weight excluding hydrogens is 398 g/mol. The van der Waals surface area contributed by atoms with Gasteiger partial charge >= 0.3 is 12.3 Å². The number of methoxy groups -OCH3 is 1. The third-order valence-corrected chi connectivity index (χ3v) is 3.45. The molecule has 2 nitrogen and oxygen atoms in total. The summed E-state index contributed by atoms with van der Waals surface area (Å²) < 4.78 is 55.6. The van der Waals surface area contributed by atoms with Crippen LogP contribution in [-0.4, -0.2) is 26.0 Å². The van der Waals surface area contributed by atoms with E-state index in [0.717, 1.165) is 0 Å². The first-order valence-corrected chi connectivity index (χ1v) is 6.75. The van der Waals surface area contributed by atoms with Gasteiger partial charge in [-0.25, -0.2) is 8.78 Å². The zero-order valence-corrected chi connectivity index (χ0v) is 13.0. The second kappa shape index (κ2) is 6.90. The number of hydrogen-bond donors (Lipinski definition) is 1. The predicted molar refractivity (Wildman–Crippen MR) is 71.1 cm³/mol. The van der Waals surface area contributed by atoms with Crippen LogP contribution in [0.3, 0.4) is 0 Å². The van der Waals surface area contributed by atoms with Gasteiger partial charge in [0.1, 0.15) is 5.75 Å². The van der Waals surface area contributed by atoms with E-state index in [9.17, 15) is 17.6 Å². The third kappa shape index (κ3) is 4.61. The van der Waals surface area contributed by atoms with Gasteiger partial charge in [0.25, 0.3) is 0 Å². The lowest BCUT2D eigenvalue weighted by Crippen LogP contribution is -2.38. The molecule has 0 unspecified atom stereocenters. The summed E-state index contributed by atoms with van der Waals surface area (Å²) in [5.41, 5.74) is 0.657. The highest BCUT2D eigenvalue weighted by Crippen LogP contribution is 2.34. The Bertz CT molecular complexity index is 420. The fraction of sp³-hybridized carbons (Fsp3) is 0.455. The Kier molecular flexibility index (Phi) is 6.07. The van der Waals surface area contributed by atoms with E-state index in [1.54, 1.807) is 12.1 Å². The Balaban J connectivity index is 2.65. The number of alkyl halides is 4. The van der Waals surface area contributed by atoms with Crippen molar-refractivity contribution in [1.29, 1.82) is 0 Å². The van der Waals surface area contributed by atoms with Crippen LogP contribution in [0.1, 0.15) is 5.56 Å². The summed E-state index contributed by atoms with van der Waals surface area (Å²) in [7, 11) is 1.49. The summed E-state index contributed by atoms with van der Waals surface area (Å²) in [6.07, 6.45) is -3.67. The molecule has 0 bridgehead atoms. The maximum Gasteiger partial charge on any atom is 0.319 e. The molecule has 0 atom stereocenters. The van der Waals surface area contributed by atoms with E-state index >= 15 is 0 Å². The molecule has 0 aliphatic heterocycles. The van der Waals surface area contributed by atoms with Gasteiger partial charge < -0.3 is 10.1 Å². The largest absolute Gasteiger partial charge is 0.494 e. The van der Waals surface area contributed by atoms with E-state index in [1.165, 1.54) is 7.11 Å². The van der Waals surface area contributed by atoms with Crippen molar-refractivity contribution >= 4 is 31.9 Å². The highest BCUT2D eigenvalue weighted by Gasteiger charge is 2.39. The van der Waals surface area contributed by atoms with E-state index < -0.39 is 18.9 Å². The van der Waals surface area contributed by atoms with E-state index in [2.05, 4.69) is 37.2 Å². The highest BCUT2D eigenvalue weighted by molar-refractivity contribution is 9.11. The van der Waals surface area contributed by atoms with Crippen LogP contribution in [0.4, 0.5) is 17.6 Å². The van der Waals surface area contributed by atoms with Crippen molar-refractivity contribution < 1.29 is 22.3 Å². The number of nitrogens with one attached hydrogen (secondary N) is 1. The lowest BCUT2D eigenvalue weighted by Gasteiger charge is -2.16. The van der Waals surface area contributed by atoms with Gasteiger partial charge in [0, 0.05) is 6.54 Å². The van der Waals surface area contributed by atoms with Crippen LogP contribution in [0.2, 0.25) is 0 Å². The number of ether oxygens (including phenoxy) is 1. The van der Waals surface area contributed by atoms with Gasteiger partial charge in [0.05, 0.1) is 22.6 Å². The minimum atomic E-state index is -4.03. The van der Waals surface area contributed by atoms with E-state index in [1.807, 2.05) is 0 Å². The average molecular weight is 409 g/mol. The van der Waals surface area contributed by atoms with Gasteiger partial charge in [0.15, 0.2) is 0 Å². The van der Waals surface area contributed by atoms with Crippen molar-refractivity contribution in [3.8, 4) is 5.75 Å². The minimum Gasteiger partial charge on any atom is -0.494 e. The molecule has 1 rings (SSSR count). The van der Waals surface area contributed by atoms with E-state index in [-0.39, 0.29) is 6.54 Å². The van der Waals surface area contributed by atoms with Crippen LogP contribution in [-0.2, 0) is 6.54 Å². The molecule has 19 heavy (non-hydrogen) atoms. The molecule has 108 valence electrons. The van der Waals surface area contributed by atoms with Crippen molar-refractivity contribution in [3.05, 3.63) is 26.6 Å². The smallest absolute Gasteiger partial charge is 0.319 e. The topological polar surface area (TPSA) is 21.3 Å². The summed E-state index contributed by atoms with van der Waals surface area (Å²) in [4.78, 5) is 0. The molecule has 1 aromatic carbocycles. The van der Waals surface area contributed by atoms with Crippen LogP contribution in [0.25, 0.3) is 0 Å². The van der Waals surface area contributed by atoms with Crippen LogP contribution < -0.4 is 10.1 Å². The van der Waals surface area contributed by atoms with Crippen molar-refractivity contribution in [2.75, 3.05) is 13.7 Å². The molecule has 0 radical (unpaired) electrons.